The zero-order valence-electron chi connectivity index (χ0n) is 21.2. The molecular formula is C27H31N3O5. The average molecular weight is 478 g/mol. The van der Waals surface area contributed by atoms with Gasteiger partial charge in [-0.1, -0.05) is 32.1 Å². The second-order valence-electron chi connectivity index (χ2n) is 10.9. The summed E-state index contributed by atoms with van der Waals surface area (Å²) in [6.45, 7) is 10.9. The lowest BCUT2D eigenvalue weighted by Crippen LogP contribution is -2.61. The van der Waals surface area contributed by atoms with E-state index in [1.165, 1.54) is 16.4 Å². The Morgan fingerprint density at radius 2 is 1.49 bits per heavy atom. The molecule has 1 aromatic heterocycles. The first-order valence-electron chi connectivity index (χ1n) is 11.9. The first-order chi connectivity index (χ1) is 16.3. The molecular weight excluding hydrogens is 446 g/mol. The fourth-order valence-electron chi connectivity index (χ4n) is 6.84. The number of carbonyl (C=O) groups is 2. The van der Waals surface area contributed by atoms with E-state index in [4.69, 9.17) is 0 Å². The van der Waals surface area contributed by atoms with E-state index >= 15 is 0 Å². The van der Waals surface area contributed by atoms with Crippen molar-refractivity contribution in [3.8, 4) is 5.75 Å². The van der Waals surface area contributed by atoms with Crippen LogP contribution in [0.15, 0.2) is 44.5 Å². The van der Waals surface area contributed by atoms with Crippen molar-refractivity contribution in [1.29, 1.82) is 0 Å². The highest BCUT2D eigenvalue weighted by Gasteiger charge is 2.66. The summed E-state index contributed by atoms with van der Waals surface area (Å²) in [6, 6.07) is 3.19. The van der Waals surface area contributed by atoms with Crippen molar-refractivity contribution in [1.82, 2.24) is 13.9 Å². The summed E-state index contributed by atoms with van der Waals surface area (Å²) in [5.41, 5.74) is 0.893. The number of rotatable bonds is 1. The molecule has 184 valence electrons. The molecule has 1 saturated carbocycles. The lowest BCUT2D eigenvalue weighted by Gasteiger charge is -2.58. The Bertz CT molecular complexity index is 1510. The molecule has 1 aliphatic heterocycles. The van der Waals surface area contributed by atoms with Crippen LogP contribution >= 0.6 is 0 Å². The Morgan fingerprint density at radius 3 is 2.09 bits per heavy atom. The van der Waals surface area contributed by atoms with Crippen molar-refractivity contribution < 1.29 is 14.7 Å². The largest absolute Gasteiger partial charge is 0.507 e. The van der Waals surface area contributed by atoms with Crippen molar-refractivity contribution >= 4 is 11.6 Å². The first-order valence-corrected chi connectivity index (χ1v) is 11.9. The molecule has 0 saturated heterocycles. The Morgan fingerprint density at radius 1 is 0.914 bits per heavy atom. The summed E-state index contributed by atoms with van der Waals surface area (Å²) in [4.78, 5) is 53.9. The van der Waals surface area contributed by atoms with Gasteiger partial charge in [-0.3, -0.25) is 9.59 Å². The predicted molar refractivity (Wildman–Crippen MR) is 131 cm³/mol. The van der Waals surface area contributed by atoms with E-state index in [-0.39, 0.29) is 30.3 Å². The van der Waals surface area contributed by atoms with Crippen molar-refractivity contribution in [3.63, 3.8) is 0 Å². The summed E-state index contributed by atoms with van der Waals surface area (Å²) in [7, 11) is 1.45. The molecule has 4 atom stereocenters. The molecule has 0 amide bonds. The summed E-state index contributed by atoms with van der Waals surface area (Å²) >= 11 is 0. The Hall–Kier alpha value is -3.42. The van der Waals surface area contributed by atoms with Crippen molar-refractivity contribution in [2.45, 2.75) is 66.5 Å². The van der Waals surface area contributed by atoms with Crippen LogP contribution in [0.5, 0.6) is 5.75 Å². The standard InChI is InChI=1S/C27H31N3O5/c1-13-10-17(11-14(2)21(13)31)20-18-8-9-29-24(34)28(7)25(35)30(29)19(18)12-26(5)22(32)15(3)16(4)23(33)27(20,26)6/h8,10-11,19-20,31H,9,12H2,1-7H3. The number of Topliss-reactive ketones (excluding diaryl/α,β-unsaturated/α-hetero) is 2. The van der Waals surface area contributed by atoms with E-state index in [0.29, 0.717) is 22.3 Å². The van der Waals surface area contributed by atoms with Gasteiger partial charge < -0.3 is 5.11 Å². The molecule has 2 aliphatic carbocycles. The molecule has 1 N–H and O–H groups in total. The number of allylic oxidation sites excluding steroid dienone is 4. The van der Waals surface area contributed by atoms with Crippen molar-refractivity contribution in [3.05, 3.63) is 72.6 Å². The molecule has 2 heterocycles. The third kappa shape index (κ3) is 2.62. The maximum absolute atomic E-state index is 14.1. The number of nitrogens with zero attached hydrogens (tertiary/aromatic N) is 3. The molecule has 1 fully saturated rings. The van der Waals surface area contributed by atoms with Gasteiger partial charge in [-0.2, -0.15) is 0 Å². The van der Waals surface area contributed by atoms with Crippen LogP contribution in [0.1, 0.15) is 62.8 Å². The number of aromatic nitrogens is 3. The molecule has 0 radical (unpaired) electrons. The minimum atomic E-state index is -1.10. The zero-order valence-corrected chi connectivity index (χ0v) is 21.2. The summed E-state index contributed by atoms with van der Waals surface area (Å²) in [6.07, 6.45) is 2.18. The molecule has 0 spiro atoms. The molecule has 8 nitrogen and oxygen atoms in total. The van der Waals surface area contributed by atoms with Crippen LogP contribution in [-0.4, -0.2) is 30.6 Å². The highest BCUT2D eigenvalue weighted by atomic mass is 16.3. The minimum Gasteiger partial charge on any atom is -0.507 e. The monoisotopic (exact) mass is 477 g/mol. The van der Waals surface area contributed by atoms with Gasteiger partial charge in [0, 0.05) is 18.4 Å². The number of hydrogen-bond acceptors (Lipinski definition) is 5. The van der Waals surface area contributed by atoms with E-state index in [2.05, 4.69) is 0 Å². The maximum Gasteiger partial charge on any atom is 0.347 e. The Labute approximate surface area is 203 Å². The van der Waals surface area contributed by atoms with Gasteiger partial charge in [0.05, 0.1) is 18.0 Å². The summed E-state index contributed by atoms with van der Waals surface area (Å²) in [5.74, 6) is -0.498. The maximum atomic E-state index is 14.1. The van der Waals surface area contributed by atoms with Crippen molar-refractivity contribution in [2.75, 3.05) is 0 Å². The van der Waals surface area contributed by atoms with E-state index < -0.39 is 34.2 Å². The second kappa shape index (κ2) is 7.06. The topological polar surface area (TPSA) is 103 Å². The number of aromatic hydroxyl groups is 1. The summed E-state index contributed by atoms with van der Waals surface area (Å²) < 4.78 is 3.96. The van der Waals surface area contributed by atoms with Crippen LogP contribution in [0.3, 0.4) is 0 Å². The van der Waals surface area contributed by atoms with Gasteiger partial charge >= 0.3 is 11.4 Å². The molecule has 0 bridgehead atoms. The number of aryl methyl sites for hydroxylation is 2. The fourth-order valence-corrected chi connectivity index (χ4v) is 6.84. The normalized spacial score (nSPS) is 30.1. The Kier molecular flexibility index (Phi) is 4.70. The lowest BCUT2D eigenvalue weighted by molar-refractivity contribution is -0.151. The Balaban J connectivity index is 1.88. The van der Waals surface area contributed by atoms with Gasteiger partial charge in [-0.05, 0) is 67.5 Å². The smallest absolute Gasteiger partial charge is 0.347 e. The van der Waals surface area contributed by atoms with Gasteiger partial charge in [0.25, 0.3) is 0 Å². The highest BCUT2D eigenvalue weighted by Crippen LogP contribution is 2.66. The van der Waals surface area contributed by atoms with Gasteiger partial charge in [0.1, 0.15) is 5.75 Å². The van der Waals surface area contributed by atoms with Crippen LogP contribution in [0.25, 0.3) is 0 Å². The molecule has 8 heteroatoms. The van der Waals surface area contributed by atoms with Crippen LogP contribution in [0.4, 0.5) is 0 Å². The molecule has 5 rings (SSSR count). The predicted octanol–water partition coefficient (Wildman–Crippen LogP) is 2.84. The van der Waals surface area contributed by atoms with Crippen LogP contribution in [-0.2, 0) is 23.2 Å². The average Bonchev–Trinajstić information content (AvgIpc) is 3.04. The third-order valence-corrected chi connectivity index (χ3v) is 9.15. The zero-order chi connectivity index (χ0) is 25.8. The third-order valence-electron chi connectivity index (χ3n) is 9.15. The molecule has 3 aliphatic rings. The van der Waals surface area contributed by atoms with Crippen molar-refractivity contribution in [2.24, 2.45) is 17.9 Å². The van der Waals surface area contributed by atoms with Crippen LogP contribution in [0.2, 0.25) is 0 Å². The number of fused-ring (bicyclic) bond motifs is 4. The number of ketones is 2. The SMILES string of the molecule is CC1=C(C)C(=O)C2(C)C(c3cc(C)c(O)c(C)c3)C3=CCn4c(=O)n(C)c(=O)n4C3CC2(C)C1=O. The number of phenols is 1. The number of carbonyl (C=O) groups excluding carboxylic acids is 2. The number of hydrogen-bond donors (Lipinski definition) is 1. The molecule has 2 aromatic rings. The first kappa shape index (κ1) is 23.3. The van der Waals surface area contributed by atoms with Gasteiger partial charge in [0.15, 0.2) is 11.6 Å². The van der Waals surface area contributed by atoms with Gasteiger partial charge in [-0.25, -0.2) is 23.5 Å². The molecule has 1 aromatic carbocycles. The number of benzene rings is 1. The van der Waals surface area contributed by atoms with Gasteiger partial charge in [-0.15, -0.1) is 0 Å². The van der Waals surface area contributed by atoms with Crippen LogP contribution in [0, 0.1) is 24.7 Å². The van der Waals surface area contributed by atoms with E-state index in [1.807, 2.05) is 45.9 Å². The fraction of sp³-hybridized carbons (Fsp3) is 0.481. The van der Waals surface area contributed by atoms with E-state index in [9.17, 15) is 24.3 Å². The highest BCUT2D eigenvalue weighted by molar-refractivity contribution is 6.17. The summed E-state index contributed by atoms with van der Waals surface area (Å²) in [5, 5.41) is 10.5. The van der Waals surface area contributed by atoms with E-state index in [1.54, 1.807) is 13.8 Å². The molecule has 35 heavy (non-hydrogen) atoms. The molecule has 4 unspecified atom stereocenters. The second-order valence-corrected chi connectivity index (χ2v) is 10.9. The van der Waals surface area contributed by atoms with Crippen LogP contribution < -0.4 is 11.4 Å². The quantitative estimate of drug-likeness (QED) is 0.636. The lowest BCUT2D eigenvalue weighted by atomic mass is 9.43. The van der Waals surface area contributed by atoms with E-state index in [0.717, 1.165) is 15.7 Å². The minimum absolute atomic E-state index is 0.0757. The van der Waals surface area contributed by atoms with Gasteiger partial charge in [0.2, 0.25) is 0 Å². The number of phenolic OH excluding ortho intramolecular Hbond substituents is 1.